The van der Waals surface area contributed by atoms with Gasteiger partial charge in [-0.1, -0.05) is 37.6 Å². The minimum absolute atomic E-state index is 0. The zero-order valence-electron chi connectivity index (χ0n) is 19.1. The first-order valence-corrected chi connectivity index (χ1v) is 11.2. The predicted molar refractivity (Wildman–Crippen MR) is 122 cm³/mol. The molecule has 3 rings (SSSR count). The Bertz CT molecular complexity index is 960. The van der Waals surface area contributed by atoms with E-state index in [9.17, 15) is 36.2 Å². The van der Waals surface area contributed by atoms with Gasteiger partial charge in [0.15, 0.2) is 0 Å². The Morgan fingerprint density at radius 3 is 1.94 bits per heavy atom. The van der Waals surface area contributed by atoms with Gasteiger partial charge in [0, 0.05) is 18.5 Å². The Morgan fingerprint density at radius 2 is 1.49 bits per heavy atom. The lowest BCUT2D eigenvalue weighted by Crippen LogP contribution is -2.40. The first-order valence-electron chi connectivity index (χ1n) is 11.2. The van der Waals surface area contributed by atoms with Crippen molar-refractivity contribution in [2.24, 2.45) is 5.92 Å². The SMILES string of the molecule is CCC[C@H](c1ccc(C(F)(F)F)cc1)N1CC[C@@H](CC(=O)O)C[C@H]1c1ccc(C(F)(F)F)cc1.Cl. The summed E-state index contributed by atoms with van der Waals surface area (Å²) in [4.78, 5) is 13.4. The second-order valence-corrected chi connectivity index (χ2v) is 8.79. The quantitative estimate of drug-likeness (QED) is 0.375. The van der Waals surface area contributed by atoms with Crippen LogP contribution < -0.4 is 0 Å². The zero-order valence-corrected chi connectivity index (χ0v) is 19.9. The summed E-state index contributed by atoms with van der Waals surface area (Å²) in [7, 11) is 0. The zero-order chi connectivity index (χ0) is 25.1. The number of likely N-dealkylation sites (tertiary alicyclic amines) is 1. The minimum atomic E-state index is -4.47. The lowest BCUT2D eigenvalue weighted by atomic mass is 9.82. The standard InChI is InChI=1S/C25H27F6NO2.ClH/c1-2-3-21(17-4-8-19(9-5-17)24(26,27)28)32-13-12-16(15-23(33)34)14-22(32)18-6-10-20(11-7-18)25(29,30)31;/h4-11,16,21-22H,2-3,12-15H2,1H3,(H,33,34);1H/t16-,21-,22+;/m1./s1. The lowest BCUT2D eigenvalue weighted by Gasteiger charge is -2.44. The Labute approximate surface area is 206 Å². The second kappa shape index (κ2) is 11.6. The fourth-order valence-electron chi connectivity index (χ4n) is 4.78. The largest absolute Gasteiger partial charge is 0.481 e. The third-order valence-electron chi connectivity index (χ3n) is 6.42. The van der Waals surface area contributed by atoms with E-state index < -0.39 is 29.4 Å². The van der Waals surface area contributed by atoms with Crippen molar-refractivity contribution < 1.29 is 36.2 Å². The van der Waals surface area contributed by atoms with E-state index in [2.05, 4.69) is 4.90 Å². The van der Waals surface area contributed by atoms with Crippen LogP contribution in [0.25, 0.3) is 0 Å². The number of hydrogen-bond donors (Lipinski definition) is 1. The van der Waals surface area contributed by atoms with Crippen LogP contribution in [0.5, 0.6) is 0 Å². The molecule has 0 radical (unpaired) electrons. The molecule has 35 heavy (non-hydrogen) atoms. The molecule has 2 aromatic carbocycles. The van der Waals surface area contributed by atoms with Crippen molar-refractivity contribution in [3.05, 3.63) is 70.8 Å². The maximum absolute atomic E-state index is 13.1. The van der Waals surface area contributed by atoms with Gasteiger partial charge in [-0.15, -0.1) is 12.4 Å². The van der Waals surface area contributed by atoms with Crippen LogP contribution in [0.2, 0.25) is 0 Å². The molecular formula is C25H28ClF6NO2. The number of nitrogens with zero attached hydrogens (tertiary/aromatic N) is 1. The highest BCUT2D eigenvalue weighted by Crippen LogP contribution is 2.43. The molecule has 1 heterocycles. The maximum Gasteiger partial charge on any atom is 0.416 e. The molecule has 0 aromatic heterocycles. The van der Waals surface area contributed by atoms with Crippen LogP contribution in [0.4, 0.5) is 26.3 Å². The maximum atomic E-state index is 13.1. The van der Waals surface area contributed by atoms with Crippen molar-refractivity contribution in [3.8, 4) is 0 Å². The van der Waals surface area contributed by atoms with Gasteiger partial charge in [-0.2, -0.15) is 26.3 Å². The molecule has 1 aliphatic heterocycles. The van der Waals surface area contributed by atoms with E-state index in [1.54, 1.807) is 0 Å². The molecule has 0 amide bonds. The summed E-state index contributed by atoms with van der Waals surface area (Å²) in [6, 6.07) is 9.27. The number of carbonyl (C=O) groups is 1. The molecule has 3 nitrogen and oxygen atoms in total. The van der Waals surface area contributed by atoms with Crippen LogP contribution in [0.3, 0.4) is 0 Å². The number of carboxylic acids is 1. The molecule has 194 valence electrons. The van der Waals surface area contributed by atoms with E-state index >= 15 is 0 Å². The Balaban J connectivity index is 0.00000432. The topological polar surface area (TPSA) is 40.5 Å². The van der Waals surface area contributed by atoms with Gasteiger partial charge in [0.05, 0.1) is 11.1 Å². The second-order valence-electron chi connectivity index (χ2n) is 8.79. The fraction of sp³-hybridized carbons (Fsp3) is 0.480. The molecule has 0 bridgehead atoms. The number of alkyl halides is 6. The summed E-state index contributed by atoms with van der Waals surface area (Å²) in [6.07, 6.45) is -6.53. The molecule has 1 aliphatic rings. The lowest BCUT2D eigenvalue weighted by molar-refractivity contribution is -0.139. The van der Waals surface area contributed by atoms with E-state index in [-0.39, 0.29) is 36.8 Å². The van der Waals surface area contributed by atoms with Gasteiger partial charge in [0.1, 0.15) is 0 Å². The van der Waals surface area contributed by atoms with Crippen molar-refractivity contribution >= 4 is 18.4 Å². The predicted octanol–water partition coefficient (Wildman–Crippen LogP) is 7.92. The van der Waals surface area contributed by atoms with Crippen LogP contribution >= 0.6 is 12.4 Å². The van der Waals surface area contributed by atoms with Crippen LogP contribution in [0.15, 0.2) is 48.5 Å². The summed E-state index contributed by atoms with van der Waals surface area (Å²) < 4.78 is 78.3. The van der Waals surface area contributed by atoms with Gasteiger partial charge in [0.2, 0.25) is 0 Å². The average Bonchev–Trinajstić information content (AvgIpc) is 2.76. The van der Waals surface area contributed by atoms with Gasteiger partial charge in [0.25, 0.3) is 0 Å². The van der Waals surface area contributed by atoms with Gasteiger partial charge in [-0.3, -0.25) is 9.69 Å². The number of benzene rings is 2. The third kappa shape index (κ3) is 7.36. The number of carboxylic acid groups (broad SMARTS) is 1. The molecule has 1 saturated heterocycles. The molecule has 10 heteroatoms. The Kier molecular flexibility index (Phi) is 9.64. The number of piperidine rings is 1. The van der Waals surface area contributed by atoms with Gasteiger partial charge in [-0.25, -0.2) is 0 Å². The first-order chi connectivity index (χ1) is 15.9. The molecule has 0 aliphatic carbocycles. The molecule has 2 aromatic rings. The number of hydrogen-bond acceptors (Lipinski definition) is 2. The van der Waals surface area contributed by atoms with Crippen LogP contribution in [-0.4, -0.2) is 22.5 Å². The highest BCUT2D eigenvalue weighted by atomic mass is 35.5. The molecule has 0 spiro atoms. The van der Waals surface area contributed by atoms with Crippen molar-refractivity contribution in [2.45, 2.75) is 63.5 Å². The normalized spacial score (nSPS) is 20.2. The van der Waals surface area contributed by atoms with Crippen molar-refractivity contribution in [3.63, 3.8) is 0 Å². The molecule has 1 N–H and O–H groups in total. The van der Waals surface area contributed by atoms with Gasteiger partial charge >= 0.3 is 18.3 Å². The van der Waals surface area contributed by atoms with Crippen molar-refractivity contribution in [1.82, 2.24) is 4.90 Å². The smallest absolute Gasteiger partial charge is 0.416 e. The summed E-state index contributed by atoms with van der Waals surface area (Å²) in [5, 5.41) is 9.25. The van der Waals surface area contributed by atoms with Crippen LogP contribution in [0.1, 0.15) is 73.4 Å². The van der Waals surface area contributed by atoms with Crippen LogP contribution in [0, 0.1) is 5.92 Å². The van der Waals surface area contributed by atoms with E-state index in [1.807, 2.05) is 6.92 Å². The minimum Gasteiger partial charge on any atom is -0.481 e. The fourth-order valence-corrected chi connectivity index (χ4v) is 4.78. The number of rotatable bonds is 7. The number of halogens is 7. The first kappa shape index (κ1) is 29.0. The Hall–Kier alpha value is -2.26. The van der Waals surface area contributed by atoms with Crippen LogP contribution in [-0.2, 0) is 17.1 Å². The van der Waals surface area contributed by atoms with E-state index in [0.29, 0.717) is 36.9 Å². The highest BCUT2D eigenvalue weighted by molar-refractivity contribution is 5.85. The third-order valence-corrected chi connectivity index (χ3v) is 6.42. The van der Waals surface area contributed by atoms with E-state index in [0.717, 1.165) is 30.7 Å². The molecule has 0 unspecified atom stereocenters. The molecule has 1 fully saturated rings. The van der Waals surface area contributed by atoms with Gasteiger partial charge in [-0.05, 0) is 67.1 Å². The molecule has 0 saturated carbocycles. The summed E-state index contributed by atoms with van der Waals surface area (Å²) in [5.41, 5.74) is -0.181. The Morgan fingerprint density at radius 1 is 0.971 bits per heavy atom. The summed E-state index contributed by atoms with van der Waals surface area (Å²) >= 11 is 0. The number of aliphatic carboxylic acids is 1. The highest BCUT2D eigenvalue weighted by Gasteiger charge is 2.37. The van der Waals surface area contributed by atoms with E-state index in [1.165, 1.54) is 24.3 Å². The summed E-state index contributed by atoms with van der Waals surface area (Å²) in [5.74, 6) is -1.08. The molecule has 3 atom stereocenters. The van der Waals surface area contributed by atoms with Crippen molar-refractivity contribution in [2.75, 3.05) is 6.54 Å². The monoisotopic (exact) mass is 523 g/mol. The van der Waals surface area contributed by atoms with Gasteiger partial charge < -0.3 is 5.11 Å². The average molecular weight is 524 g/mol. The van der Waals surface area contributed by atoms with Crippen molar-refractivity contribution in [1.29, 1.82) is 0 Å². The van der Waals surface area contributed by atoms with E-state index in [4.69, 9.17) is 0 Å². The molecular weight excluding hydrogens is 496 g/mol. The summed E-state index contributed by atoms with van der Waals surface area (Å²) in [6.45, 7) is 2.46.